The van der Waals surface area contributed by atoms with E-state index in [0.717, 1.165) is 5.70 Å². The van der Waals surface area contributed by atoms with Crippen molar-refractivity contribution in [3.8, 4) is 11.5 Å². The van der Waals surface area contributed by atoms with Gasteiger partial charge in [0.1, 0.15) is 11.5 Å². The number of aromatic nitrogens is 2. The Balaban J connectivity index is 1.27. The molecule has 0 aliphatic heterocycles. The summed E-state index contributed by atoms with van der Waals surface area (Å²) in [5, 5.41) is 8.19. The van der Waals surface area contributed by atoms with Crippen LogP contribution >= 0.6 is 34.8 Å². The molecule has 1 atom stereocenters. The minimum absolute atomic E-state index is 0.154. The van der Waals surface area contributed by atoms with Crippen LogP contribution in [0.3, 0.4) is 0 Å². The molecule has 1 amide bonds. The molecule has 0 saturated heterocycles. The Bertz CT molecular complexity index is 1160. The number of hydrogen-bond donors (Lipinski definition) is 1. The van der Waals surface area contributed by atoms with E-state index in [-0.39, 0.29) is 19.1 Å². The van der Waals surface area contributed by atoms with Crippen molar-refractivity contribution in [2.24, 2.45) is 0 Å². The van der Waals surface area contributed by atoms with E-state index >= 15 is 0 Å². The normalized spacial score (nSPS) is 17.3. The second kappa shape index (κ2) is 9.40. The summed E-state index contributed by atoms with van der Waals surface area (Å²) in [6.07, 6.45) is 2.42. The van der Waals surface area contributed by atoms with Gasteiger partial charge in [0, 0.05) is 23.2 Å². The van der Waals surface area contributed by atoms with Gasteiger partial charge in [0.15, 0.2) is 13.2 Å². The quantitative estimate of drug-likeness (QED) is 0.454. The topological polar surface area (TPSA) is 86.5 Å². The molecular formula is C22H18Cl3N3O4. The molecule has 1 aliphatic rings. The number of carbonyl (C=O) groups is 1. The zero-order valence-electron chi connectivity index (χ0n) is 16.9. The van der Waals surface area contributed by atoms with E-state index in [1.54, 1.807) is 42.5 Å². The van der Waals surface area contributed by atoms with E-state index in [9.17, 15) is 4.79 Å². The van der Waals surface area contributed by atoms with Gasteiger partial charge in [-0.15, -0.1) is 0 Å². The van der Waals surface area contributed by atoms with Gasteiger partial charge < -0.3 is 19.3 Å². The number of hydrogen-bond acceptors (Lipinski definition) is 6. The summed E-state index contributed by atoms with van der Waals surface area (Å²) < 4.78 is 16.5. The van der Waals surface area contributed by atoms with Crippen molar-refractivity contribution in [2.45, 2.75) is 25.4 Å². The molecule has 1 heterocycles. The molecule has 1 N–H and O–H groups in total. The van der Waals surface area contributed by atoms with Crippen LogP contribution in [0.2, 0.25) is 15.1 Å². The Morgan fingerprint density at radius 2 is 1.81 bits per heavy atom. The van der Waals surface area contributed by atoms with Crippen molar-refractivity contribution in [1.29, 1.82) is 0 Å². The lowest BCUT2D eigenvalue weighted by molar-refractivity contribution is -0.122. The molecule has 166 valence electrons. The second-order valence-corrected chi connectivity index (χ2v) is 8.69. The lowest BCUT2D eigenvalue weighted by Crippen LogP contribution is -2.39. The molecule has 2 aromatic carbocycles. The fraction of sp³-hybridized carbons (Fsp3) is 0.227. The number of nitrogens with one attached hydrogen (secondary N) is 1. The largest absolute Gasteiger partial charge is 0.485 e. The molecule has 1 aromatic heterocycles. The highest BCUT2D eigenvalue weighted by atomic mass is 35.5. The van der Waals surface area contributed by atoms with Crippen LogP contribution in [0.1, 0.15) is 25.1 Å². The van der Waals surface area contributed by atoms with E-state index in [0.29, 0.717) is 44.7 Å². The Hall–Kier alpha value is -2.74. The summed E-state index contributed by atoms with van der Waals surface area (Å²) in [4.78, 5) is 16.6. The Morgan fingerprint density at radius 3 is 2.53 bits per heavy atom. The third-order valence-electron chi connectivity index (χ3n) is 4.75. The third kappa shape index (κ3) is 5.35. The van der Waals surface area contributed by atoms with Gasteiger partial charge in [-0.05, 0) is 49.4 Å². The van der Waals surface area contributed by atoms with Crippen molar-refractivity contribution < 1.29 is 18.8 Å². The number of nitrogens with zero attached hydrogens (tertiary/aromatic N) is 2. The van der Waals surface area contributed by atoms with Crippen molar-refractivity contribution in [2.75, 3.05) is 6.61 Å². The van der Waals surface area contributed by atoms with Crippen molar-refractivity contribution in [1.82, 2.24) is 15.5 Å². The first-order chi connectivity index (χ1) is 15.3. The van der Waals surface area contributed by atoms with Crippen molar-refractivity contribution in [3.63, 3.8) is 0 Å². The summed E-state index contributed by atoms with van der Waals surface area (Å²) in [7, 11) is 0. The van der Waals surface area contributed by atoms with Crippen LogP contribution < -0.4 is 14.8 Å². The van der Waals surface area contributed by atoms with Gasteiger partial charge in [0.2, 0.25) is 11.7 Å². The molecular weight excluding hydrogens is 477 g/mol. The zero-order chi connectivity index (χ0) is 22.7. The summed E-state index contributed by atoms with van der Waals surface area (Å²) in [5.74, 6) is 1.71. The molecule has 0 spiro atoms. The molecule has 4 rings (SSSR count). The molecule has 1 unspecified atom stereocenters. The first kappa shape index (κ1) is 22.5. The standard InChI is InChI=1S/C22H18Cl3N3O4/c1-22(21-27-19(28-32-21)11-30-15-4-2-13(23)3-5-15)9-14(10-22)26-20(29)12-31-16-6-7-17(24)18(25)8-16/h2-9H,10-12H2,1H3,(H,26,29). The van der Waals surface area contributed by atoms with E-state index in [2.05, 4.69) is 15.5 Å². The smallest absolute Gasteiger partial charge is 0.262 e. The van der Waals surface area contributed by atoms with Crippen LogP contribution in [0.5, 0.6) is 11.5 Å². The SMILES string of the molecule is CC1(c2nc(COc3ccc(Cl)cc3)no2)C=C(NC(=O)COc2ccc(Cl)c(Cl)c2)C1. The first-order valence-electron chi connectivity index (χ1n) is 9.62. The van der Waals surface area contributed by atoms with Crippen LogP contribution in [0.25, 0.3) is 0 Å². The molecule has 10 heteroatoms. The minimum Gasteiger partial charge on any atom is -0.485 e. The highest BCUT2D eigenvalue weighted by Crippen LogP contribution is 2.39. The van der Waals surface area contributed by atoms with Gasteiger partial charge in [-0.2, -0.15) is 4.98 Å². The number of allylic oxidation sites excluding steroid dienone is 2. The minimum atomic E-state index is -0.460. The Morgan fingerprint density at radius 1 is 1.09 bits per heavy atom. The number of ether oxygens (including phenoxy) is 2. The average molecular weight is 495 g/mol. The monoisotopic (exact) mass is 493 g/mol. The fourth-order valence-corrected chi connectivity index (χ4v) is 3.54. The van der Waals surface area contributed by atoms with E-state index in [1.165, 1.54) is 0 Å². The molecule has 0 bridgehead atoms. The molecule has 7 nitrogen and oxygen atoms in total. The van der Waals surface area contributed by atoms with Gasteiger partial charge in [0.25, 0.3) is 5.91 Å². The molecule has 0 fully saturated rings. The van der Waals surface area contributed by atoms with Crippen LogP contribution in [-0.4, -0.2) is 22.7 Å². The van der Waals surface area contributed by atoms with Crippen LogP contribution in [0.4, 0.5) is 0 Å². The van der Waals surface area contributed by atoms with Gasteiger partial charge in [-0.1, -0.05) is 40.0 Å². The molecule has 1 aliphatic carbocycles. The number of benzene rings is 2. The van der Waals surface area contributed by atoms with E-state index in [1.807, 2.05) is 13.0 Å². The van der Waals surface area contributed by atoms with Gasteiger partial charge in [-0.3, -0.25) is 4.79 Å². The number of rotatable bonds is 8. The van der Waals surface area contributed by atoms with Crippen LogP contribution in [0.15, 0.2) is 58.8 Å². The summed E-state index contributed by atoms with van der Waals surface area (Å²) in [5.41, 5.74) is 0.297. The van der Waals surface area contributed by atoms with Crippen LogP contribution in [-0.2, 0) is 16.8 Å². The van der Waals surface area contributed by atoms with Crippen molar-refractivity contribution in [3.05, 3.63) is 81.0 Å². The first-order valence-corrected chi connectivity index (χ1v) is 10.7. The van der Waals surface area contributed by atoms with Crippen molar-refractivity contribution >= 4 is 40.7 Å². The van der Waals surface area contributed by atoms with Gasteiger partial charge in [-0.25, -0.2) is 0 Å². The highest BCUT2D eigenvalue weighted by Gasteiger charge is 2.39. The van der Waals surface area contributed by atoms with Gasteiger partial charge in [0.05, 0.1) is 15.5 Å². The zero-order valence-corrected chi connectivity index (χ0v) is 19.2. The Kier molecular flexibility index (Phi) is 6.60. The Labute approximate surface area is 199 Å². The molecule has 32 heavy (non-hydrogen) atoms. The summed E-state index contributed by atoms with van der Waals surface area (Å²) >= 11 is 17.7. The predicted octanol–water partition coefficient (Wildman–Crippen LogP) is 5.35. The maximum Gasteiger partial charge on any atom is 0.262 e. The summed E-state index contributed by atoms with van der Waals surface area (Å²) in [6.45, 7) is 1.96. The second-order valence-electron chi connectivity index (χ2n) is 7.43. The summed E-state index contributed by atoms with van der Waals surface area (Å²) in [6, 6.07) is 11.8. The lowest BCUT2D eigenvalue weighted by Gasteiger charge is -2.33. The number of carbonyl (C=O) groups excluding carboxylic acids is 1. The average Bonchev–Trinajstić information content (AvgIpc) is 3.22. The number of halogens is 3. The number of amides is 1. The molecule has 0 radical (unpaired) electrons. The van der Waals surface area contributed by atoms with E-state index < -0.39 is 5.41 Å². The van der Waals surface area contributed by atoms with Crippen LogP contribution in [0, 0.1) is 0 Å². The predicted molar refractivity (Wildman–Crippen MR) is 120 cm³/mol. The third-order valence-corrected chi connectivity index (χ3v) is 5.74. The highest BCUT2D eigenvalue weighted by molar-refractivity contribution is 6.42. The van der Waals surface area contributed by atoms with Gasteiger partial charge >= 0.3 is 0 Å². The maximum absolute atomic E-state index is 12.2. The van der Waals surface area contributed by atoms with E-state index in [4.69, 9.17) is 48.8 Å². The lowest BCUT2D eigenvalue weighted by atomic mass is 9.75. The fourth-order valence-electron chi connectivity index (χ4n) is 3.12. The maximum atomic E-state index is 12.2. The molecule has 0 saturated carbocycles. The molecule has 3 aromatic rings.